The topological polar surface area (TPSA) is 63.4 Å². The molecule has 0 radical (unpaired) electrons. The molecule has 0 atom stereocenters. The average Bonchev–Trinajstić information content (AvgIpc) is 2.92. The third-order valence-electron chi connectivity index (χ3n) is 7.28. The van der Waals surface area contributed by atoms with E-state index in [2.05, 4.69) is 91.8 Å². The zero-order valence-corrected chi connectivity index (χ0v) is 27.7. The predicted molar refractivity (Wildman–Crippen MR) is 182 cm³/mol. The van der Waals surface area contributed by atoms with Gasteiger partial charge in [0.25, 0.3) is 5.91 Å². The van der Waals surface area contributed by atoms with Crippen LogP contribution in [0.15, 0.2) is 94.2 Å². The number of allylic oxidation sites excluding steroid dienone is 10. The van der Waals surface area contributed by atoms with E-state index in [4.69, 9.17) is 5.73 Å². The van der Waals surface area contributed by atoms with E-state index in [0.29, 0.717) is 18.7 Å². The van der Waals surface area contributed by atoms with Gasteiger partial charge in [-0.15, -0.1) is 0 Å². The number of carbonyl (C=O) groups is 2. The normalized spacial score (nSPS) is 12.7. The summed E-state index contributed by atoms with van der Waals surface area (Å²) < 4.78 is 0. The molecule has 230 valence electrons. The van der Waals surface area contributed by atoms with Crippen molar-refractivity contribution >= 4 is 11.8 Å². The van der Waals surface area contributed by atoms with Gasteiger partial charge in [0, 0.05) is 13.1 Å². The van der Waals surface area contributed by atoms with Crippen LogP contribution in [-0.2, 0) is 0 Å². The first kappa shape index (κ1) is 36.6. The second-order valence-corrected chi connectivity index (χ2v) is 12.0. The van der Waals surface area contributed by atoms with Crippen LogP contribution in [0.2, 0.25) is 0 Å². The molecule has 2 N–H and O–H groups in total. The molecule has 4 heteroatoms. The summed E-state index contributed by atoms with van der Waals surface area (Å²) in [5.74, 6) is -0.765. The summed E-state index contributed by atoms with van der Waals surface area (Å²) in [4.78, 5) is 27.5. The van der Waals surface area contributed by atoms with E-state index >= 15 is 0 Å². The van der Waals surface area contributed by atoms with Crippen LogP contribution in [0.5, 0.6) is 0 Å². The summed E-state index contributed by atoms with van der Waals surface area (Å²) in [6.07, 6.45) is 21.7. The van der Waals surface area contributed by atoms with E-state index in [1.165, 1.54) is 33.4 Å². The highest BCUT2D eigenvalue weighted by atomic mass is 16.2. The van der Waals surface area contributed by atoms with Crippen LogP contribution in [-0.4, -0.2) is 29.8 Å². The third-order valence-corrected chi connectivity index (χ3v) is 7.28. The zero-order chi connectivity index (χ0) is 31.5. The number of amides is 2. The first-order chi connectivity index (χ1) is 19.9. The fraction of sp³-hybridized carbons (Fsp3) is 0.474. The van der Waals surface area contributed by atoms with Crippen LogP contribution < -0.4 is 5.73 Å². The van der Waals surface area contributed by atoms with Crippen molar-refractivity contribution in [2.24, 2.45) is 5.73 Å². The lowest BCUT2D eigenvalue weighted by Crippen LogP contribution is -2.33. The van der Waals surface area contributed by atoms with Gasteiger partial charge in [-0.1, -0.05) is 82.0 Å². The average molecular weight is 573 g/mol. The Morgan fingerprint density at radius 2 is 0.929 bits per heavy atom. The maximum Gasteiger partial charge on any atom is 0.255 e. The van der Waals surface area contributed by atoms with E-state index in [9.17, 15) is 9.59 Å². The summed E-state index contributed by atoms with van der Waals surface area (Å²) in [6, 6.07) is 6.82. The van der Waals surface area contributed by atoms with Crippen LogP contribution in [0.25, 0.3) is 0 Å². The Labute approximate surface area is 256 Å². The first-order valence-electron chi connectivity index (χ1n) is 15.5. The molecule has 0 aromatic heterocycles. The number of carbonyl (C=O) groups excluding carboxylic acids is 2. The number of nitrogens with zero attached hydrogens (tertiary/aromatic N) is 1. The van der Waals surface area contributed by atoms with Gasteiger partial charge in [-0.2, -0.15) is 0 Å². The monoisotopic (exact) mass is 572 g/mol. The van der Waals surface area contributed by atoms with Crippen molar-refractivity contribution in [1.82, 2.24) is 4.90 Å². The highest BCUT2D eigenvalue weighted by molar-refractivity contribution is 6.06. The molecule has 0 spiro atoms. The predicted octanol–water partition coefficient (Wildman–Crippen LogP) is 10.1. The summed E-state index contributed by atoms with van der Waals surface area (Å²) >= 11 is 0. The molecule has 0 bridgehead atoms. The lowest BCUT2D eigenvalue weighted by Gasteiger charge is -2.22. The smallest absolute Gasteiger partial charge is 0.255 e. The molecule has 42 heavy (non-hydrogen) atoms. The fourth-order valence-corrected chi connectivity index (χ4v) is 4.50. The molecule has 4 nitrogen and oxygen atoms in total. The van der Waals surface area contributed by atoms with E-state index in [0.717, 1.165) is 51.4 Å². The largest absolute Gasteiger partial charge is 0.366 e. The molecule has 0 aliphatic carbocycles. The fourth-order valence-electron chi connectivity index (χ4n) is 4.50. The van der Waals surface area contributed by atoms with Crippen molar-refractivity contribution < 1.29 is 9.59 Å². The third kappa shape index (κ3) is 16.1. The van der Waals surface area contributed by atoms with Crippen molar-refractivity contribution in [3.63, 3.8) is 0 Å². The van der Waals surface area contributed by atoms with Gasteiger partial charge in [0.15, 0.2) is 0 Å². The molecule has 0 saturated heterocycles. The Morgan fingerprint density at radius 1 is 0.571 bits per heavy atom. The maximum atomic E-state index is 13.6. The zero-order valence-electron chi connectivity index (χ0n) is 27.7. The van der Waals surface area contributed by atoms with Gasteiger partial charge >= 0.3 is 0 Å². The Balaban J connectivity index is 2.93. The number of hydrogen-bond acceptors (Lipinski definition) is 2. The molecule has 0 saturated carbocycles. The Morgan fingerprint density at radius 3 is 1.31 bits per heavy atom. The lowest BCUT2D eigenvalue weighted by molar-refractivity contribution is 0.0784. The van der Waals surface area contributed by atoms with E-state index < -0.39 is 5.91 Å². The number of benzene rings is 1. The molecule has 2 amide bonds. The summed E-state index contributed by atoms with van der Waals surface area (Å²) in [5.41, 5.74) is 14.3. The van der Waals surface area contributed by atoms with Gasteiger partial charge in [0.2, 0.25) is 5.91 Å². The van der Waals surface area contributed by atoms with Crippen molar-refractivity contribution in [3.8, 4) is 0 Å². The van der Waals surface area contributed by atoms with Gasteiger partial charge in [-0.3, -0.25) is 9.59 Å². The van der Waals surface area contributed by atoms with E-state index in [-0.39, 0.29) is 11.5 Å². The second kappa shape index (κ2) is 20.5. The van der Waals surface area contributed by atoms with Crippen LogP contribution in [0.4, 0.5) is 0 Å². The number of nitrogens with two attached hydrogens (primary N) is 1. The Hall–Kier alpha value is -3.40. The van der Waals surface area contributed by atoms with Gasteiger partial charge < -0.3 is 10.6 Å². The SMILES string of the molecule is CC(C)=CCCC(C)=CCCC(C)=CCN(CC=C(C)CCC=C(C)CCC=C(C)C)C(=O)c1ccccc1C(N)=O. The second-order valence-electron chi connectivity index (χ2n) is 12.0. The summed E-state index contributed by atoms with van der Waals surface area (Å²) in [5, 5.41) is 0. The van der Waals surface area contributed by atoms with Crippen LogP contribution in [0.3, 0.4) is 0 Å². The molecule has 1 aromatic carbocycles. The van der Waals surface area contributed by atoms with Crippen molar-refractivity contribution in [3.05, 3.63) is 105 Å². The minimum absolute atomic E-state index is 0.178. The molecule has 0 fully saturated rings. The Bertz CT molecular complexity index is 1140. The molecule has 1 aromatic rings. The minimum Gasteiger partial charge on any atom is -0.366 e. The molecule has 0 unspecified atom stereocenters. The number of rotatable bonds is 18. The van der Waals surface area contributed by atoms with Crippen LogP contribution in [0, 0.1) is 0 Å². The molecule has 1 rings (SSSR count). The van der Waals surface area contributed by atoms with Crippen LogP contribution >= 0.6 is 0 Å². The number of primary amides is 1. The van der Waals surface area contributed by atoms with Gasteiger partial charge in [0.05, 0.1) is 11.1 Å². The van der Waals surface area contributed by atoms with E-state index in [1.54, 1.807) is 29.2 Å². The quantitative estimate of drug-likeness (QED) is 0.178. The van der Waals surface area contributed by atoms with Crippen molar-refractivity contribution in [2.75, 3.05) is 13.1 Å². The highest BCUT2D eigenvalue weighted by Crippen LogP contribution is 2.16. The standard InChI is InChI=1S/C38H56N2O2/c1-29(2)15-11-17-31(5)19-13-21-33(7)25-27-40(38(42)36-24-10-9-23-35(36)37(39)41)28-26-34(8)22-14-20-32(6)18-12-16-30(3)4/h9-10,15-16,19-20,23-26H,11-14,17-18,21-22,27-28H2,1-8H3,(H2,39,41). The van der Waals surface area contributed by atoms with Crippen molar-refractivity contribution in [1.29, 1.82) is 0 Å². The Kier molecular flexibility index (Phi) is 17.9. The van der Waals surface area contributed by atoms with Gasteiger partial charge in [-0.05, 0) is 119 Å². The first-order valence-corrected chi connectivity index (χ1v) is 15.5. The summed E-state index contributed by atoms with van der Waals surface area (Å²) in [7, 11) is 0. The van der Waals surface area contributed by atoms with E-state index in [1.807, 2.05) is 0 Å². The lowest BCUT2D eigenvalue weighted by atomic mass is 10.0. The van der Waals surface area contributed by atoms with Gasteiger partial charge in [0.1, 0.15) is 0 Å². The van der Waals surface area contributed by atoms with Gasteiger partial charge in [-0.25, -0.2) is 0 Å². The molecule has 0 heterocycles. The molecular formula is C38H56N2O2. The highest BCUT2D eigenvalue weighted by Gasteiger charge is 2.19. The minimum atomic E-state index is -0.587. The molecular weight excluding hydrogens is 516 g/mol. The molecule has 0 aliphatic heterocycles. The maximum absolute atomic E-state index is 13.6. The van der Waals surface area contributed by atoms with Crippen LogP contribution in [0.1, 0.15) is 127 Å². The van der Waals surface area contributed by atoms with Crippen molar-refractivity contribution in [2.45, 2.75) is 107 Å². The summed E-state index contributed by atoms with van der Waals surface area (Å²) in [6.45, 7) is 18.2. The molecule has 0 aliphatic rings. The number of hydrogen-bond donors (Lipinski definition) is 1.